The van der Waals surface area contributed by atoms with E-state index in [2.05, 4.69) is 20.8 Å². The third-order valence-corrected chi connectivity index (χ3v) is 5.72. The zero-order valence-corrected chi connectivity index (χ0v) is 20.4. The molecule has 38 heavy (non-hydrogen) atoms. The number of carbonyl (C=O) groups excluding carboxylic acids is 1. The number of amides is 2. The summed E-state index contributed by atoms with van der Waals surface area (Å²) < 4.78 is 43.7. The molecule has 0 saturated heterocycles. The van der Waals surface area contributed by atoms with E-state index in [0.717, 1.165) is 5.56 Å². The first-order valence-electron chi connectivity index (χ1n) is 11.6. The van der Waals surface area contributed by atoms with Crippen LogP contribution in [0.5, 0.6) is 0 Å². The molecule has 0 saturated carbocycles. The standard InChI is InChI=1S/C26H23F3N8O/c1-17-23(18-15-30-35(2)16-18)34-37(21-11-7-4-8-12-21)24(17)32-25(38)31-22-13-19(14-26(27,28)29)33-36(22)20-9-5-3-6-10-20/h3-13,15-16H,14H2,1-2H3,(H2,31,32,38). The number of rotatable bonds is 6. The monoisotopic (exact) mass is 520 g/mol. The number of nitrogens with zero attached hydrogens (tertiary/aromatic N) is 6. The lowest BCUT2D eigenvalue weighted by Crippen LogP contribution is -2.23. The van der Waals surface area contributed by atoms with Crippen molar-refractivity contribution in [2.75, 3.05) is 10.6 Å². The Kier molecular flexibility index (Phi) is 6.45. The highest BCUT2D eigenvalue weighted by Gasteiger charge is 2.30. The molecule has 194 valence electrons. The summed E-state index contributed by atoms with van der Waals surface area (Å²) in [5.74, 6) is 0.484. The maximum atomic E-state index is 13.2. The number of benzene rings is 2. The number of hydrogen-bond donors (Lipinski definition) is 2. The van der Waals surface area contributed by atoms with Crippen molar-refractivity contribution in [3.63, 3.8) is 0 Å². The molecule has 2 N–H and O–H groups in total. The number of carbonyl (C=O) groups is 1. The third kappa shape index (κ3) is 5.28. The highest BCUT2D eigenvalue weighted by molar-refractivity contribution is 6.00. The normalized spacial score (nSPS) is 11.5. The van der Waals surface area contributed by atoms with Crippen molar-refractivity contribution in [1.82, 2.24) is 29.3 Å². The molecule has 0 aliphatic rings. The summed E-state index contributed by atoms with van der Waals surface area (Å²) in [6.45, 7) is 1.82. The number of hydrogen-bond acceptors (Lipinski definition) is 4. The highest BCUT2D eigenvalue weighted by Crippen LogP contribution is 2.31. The van der Waals surface area contributed by atoms with E-state index in [1.54, 1.807) is 52.9 Å². The van der Waals surface area contributed by atoms with E-state index in [1.807, 2.05) is 43.5 Å². The summed E-state index contributed by atoms with van der Waals surface area (Å²) in [4.78, 5) is 13.2. The molecule has 0 spiro atoms. The van der Waals surface area contributed by atoms with E-state index in [4.69, 9.17) is 5.10 Å². The molecule has 2 amide bonds. The van der Waals surface area contributed by atoms with E-state index in [9.17, 15) is 18.0 Å². The molecule has 0 aliphatic carbocycles. The minimum absolute atomic E-state index is 0.0869. The molecule has 0 bridgehead atoms. The van der Waals surface area contributed by atoms with Crippen LogP contribution >= 0.6 is 0 Å². The second kappa shape index (κ2) is 9.88. The molecule has 2 aromatic carbocycles. The van der Waals surface area contributed by atoms with Crippen molar-refractivity contribution in [3.05, 3.63) is 90.4 Å². The van der Waals surface area contributed by atoms with Gasteiger partial charge in [-0.2, -0.15) is 28.5 Å². The zero-order valence-electron chi connectivity index (χ0n) is 20.4. The molecule has 3 heterocycles. The molecule has 9 nitrogen and oxygen atoms in total. The van der Waals surface area contributed by atoms with Crippen LogP contribution in [0.3, 0.4) is 0 Å². The van der Waals surface area contributed by atoms with Gasteiger partial charge in [0, 0.05) is 30.4 Å². The number of para-hydroxylation sites is 2. The summed E-state index contributed by atoms with van der Waals surface area (Å²) in [5.41, 5.74) is 3.07. The van der Waals surface area contributed by atoms with Crippen molar-refractivity contribution in [2.45, 2.75) is 19.5 Å². The number of urea groups is 1. The predicted octanol–water partition coefficient (Wildman–Crippen LogP) is 5.52. The van der Waals surface area contributed by atoms with Gasteiger partial charge in [0.05, 0.1) is 29.7 Å². The molecule has 5 rings (SSSR count). The van der Waals surface area contributed by atoms with Crippen LogP contribution in [-0.4, -0.2) is 41.5 Å². The van der Waals surface area contributed by atoms with E-state index >= 15 is 0 Å². The number of nitrogens with one attached hydrogen (secondary N) is 2. The van der Waals surface area contributed by atoms with Gasteiger partial charge >= 0.3 is 12.2 Å². The van der Waals surface area contributed by atoms with Crippen LogP contribution in [0.15, 0.2) is 79.1 Å². The van der Waals surface area contributed by atoms with Crippen molar-refractivity contribution in [2.24, 2.45) is 7.05 Å². The fourth-order valence-corrected chi connectivity index (χ4v) is 4.05. The van der Waals surface area contributed by atoms with Gasteiger partial charge in [-0.05, 0) is 31.2 Å². The Bertz CT molecular complexity index is 1570. The topological polar surface area (TPSA) is 94.6 Å². The molecular formula is C26H23F3N8O. The van der Waals surface area contributed by atoms with Gasteiger partial charge in [-0.3, -0.25) is 15.3 Å². The summed E-state index contributed by atoms with van der Waals surface area (Å²) in [6.07, 6.45) is -2.18. The van der Waals surface area contributed by atoms with Gasteiger partial charge in [0.1, 0.15) is 17.3 Å². The Morgan fingerprint density at radius 2 is 1.55 bits per heavy atom. The molecule has 0 radical (unpaired) electrons. The minimum atomic E-state index is -4.45. The molecule has 12 heteroatoms. The van der Waals surface area contributed by atoms with Gasteiger partial charge in [0.25, 0.3) is 0 Å². The Morgan fingerprint density at radius 3 is 2.13 bits per heavy atom. The molecule has 0 atom stereocenters. The van der Waals surface area contributed by atoms with Crippen LogP contribution in [0.1, 0.15) is 11.3 Å². The Balaban J connectivity index is 1.49. The molecule has 0 fully saturated rings. The van der Waals surface area contributed by atoms with E-state index in [-0.39, 0.29) is 11.5 Å². The molecular weight excluding hydrogens is 497 g/mol. The number of halogens is 3. The number of aromatic nitrogens is 6. The van der Waals surface area contributed by atoms with Gasteiger partial charge in [-0.1, -0.05) is 36.4 Å². The molecule has 5 aromatic rings. The molecule has 0 aliphatic heterocycles. The van der Waals surface area contributed by atoms with Gasteiger partial charge in [0.15, 0.2) is 0 Å². The van der Waals surface area contributed by atoms with Crippen molar-refractivity contribution < 1.29 is 18.0 Å². The van der Waals surface area contributed by atoms with Crippen LogP contribution in [0.25, 0.3) is 22.6 Å². The fraction of sp³-hybridized carbons (Fsp3) is 0.154. The van der Waals surface area contributed by atoms with E-state index in [0.29, 0.717) is 28.5 Å². The summed E-state index contributed by atoms with van der Waals surface area (Å²) in [7, 11) is 1.79. The Labute approximate surface area is 215 Å². The Hall–Kier alpha value is -4.87. The quantitative estimate of drug-likeness (QED) is 0.309. The Morgan fingerprint density at radius 1 is 0.921 bits per heavy atom. The van der Waals surface area contributed by atoms with Crippen molar-refractivity contribution in [1.29, 1.82) is 0 Å². The van der Waals surface area contributed by atoms with E-state index < -0.39 is 18.6 Å². The second-order valence-corrected chi connectivity index (χ2v) is 8.61. The average Bonchev–Trinajstić information content (AvgIpc) is 3.57. The number of alkyl halides is 3. The van der Waals surface area contributed by atoms with Crippen LogP contribution in [0, 0.1) is 6.92 Å². The largest absolute Gasteiger partial charge is 0.394 e. The highest BCUT2D eigenvalue weighted by atomic mass is 19.4. The van der Waals surface area contributed by atoms with Crippen LogP contribution in [0.2, 0.25) is 0 Å². The lowest BCUT2D eigenvalue weighted by molar-refractivity contribution is -0.127. The second-order valence-electron chi connectivity index (χ2n) is 8.61. The van der Waals surface area contributed by atoms with Crippen LogP contribution < -0.4 is 10.6 Å². The zero-order chi connectivity index (χ0) is 26.9. The lowest BCUT2D eigenvalue weighted by atomic mass is 10.1. The lowest BCUT2D eigenvalue weighted by Gasteiger charge is -2.12. The van der Waals surface area contributed by atoms with Crippen molar-refractivity contribution >= 4 is 17.7 Å². The molecule has 3 aromatic heterocycles. The maximum Gasteiger partial charge on any atom is 0.394 e. The van der Waals surface area contributed by atoms with Gasteiger partial charge < -0.3 is 0 Å². The average molecular weight is 521 g/mol. The number of aryl methyl sites for hydroxylation is 1. The van der Waals surface area contributed by atoms with Crippen molar-refractivity contribution in [3.8, 4) is 22.6 Å². The van der Waals surface area contributed by atoms with Gasteiger partial charge in [-0.25, -0.2) is 14.2 Å². The SMILES string of the molecule is Cc1c(-c2cnn(C)c2)nn(-c2ccccc2)c1NC(=O)Nc1cc(CC(F)(F)F)nn1-c1ccccc1. The summed E-state index contributed by atoms with van der Waals surface area (Å²) >= 11 is 0. The maximum absolute atomic E-state index is 13.2. The number of anilines is 2. The minimum Gasteiger partial charge on any atom is -0.292 e. The first kappa shape index (κ1) is 24.8. The first-order valence-corrected chi connectivity index (χ1v) is 11.6. The summed E-state index contributed by atoms with van der Waals surface area (Å²) in [5, 5.41) is 18.5. The first-order chi connectivity index (χ1) is 18.2. The van der Waals surface area contributed by atoms with Gasteiger partial charge in [0.2, 0.25) is 0 Å². The smallest absolute Gasteiger partial charge is 0.292 e. The van der Waals surface area contributed by atoms with Crippen LogP contribution in [0.4, 0.5) is 29.6 Å². The van der Waals surface area contributed by atoms with Gasteiger partial charge in [-0.15, -0.1) is 0 Å². The third-order valence-electron chi connectivity index (χ3n) is 5.72. The molecule has 0 unspecified atom stereocenters. The fourth-order valence-electron chi connectivity index (χ4n) is 4.05. The summed E-state index contributed by atoms with van der Waals surface area (Å²) in [6, 6.07) is 18.4. The predicted molar refractivity (Wildman–Crippen MR) is 136 cm³/mol. The van der Waals surface area contributed by atoms with E-state index in [1.165, 1.54) is 10.7 Å². The van der Waals surface area contributed by atoms with Crippen LogP contribution in [-0.2, 0) is 13.5 Å².